The lowest BCUT2D eigenvalue weighted by atomic mass is 10.2. The number of rotatable bonds is 3. The Balaban J connectivity index is 1.81. The summed E-state index contributed by atoms with van der Waals surface area (Å²) >= 11 is 9.16. The van der Waals surface area contributed by atoms with Gasteiger partial charge in [0.1, 0.15) is 0 Å². The first-order chi connectivity index (χ1) is 14.6. The summed E-state index contributed by atoms with van der Waals surface area (Å²) in [5, 5.41) is 7.64. The molecule has 3 aromatic rings. The van der Waals surface area contributed by atoms with Crippen LogP contribution in [0.2, 0.25) is 5.15 Å². The van der Waals surface area contributed by atoms with Crippen LogP contribution in [-0.4, -0.2) is 21.7 Å². The second kappa shape index (κ2) is 8.90. The smallest absolute Gasteiger partial charge is 0.305 e. The summed E-state index contributed by atoms with van der Waals surface area (Å²) in [6, 6.07) is 10.2. The second-order valence-electron chi connectivity index (χ2n) is 6.04. The first-order valence-electron chi connectivity index (χ1n) is 8.40. The topological polar surface area (TPSA) is 93.1 Å². The Morgan fingerprint density at radius 3 is 2.45 bits per heavy atom. The molecular formula is C19H11BrClF3N4O3. The Morgan fingerprint density at radius 2 is 1.77 bits per heavy atom. The summed E-state index contributed by atoms with van der Waals surface area (Å²) in [4.78, 5) is 36.6. The Morgan fingerprint density at radius 1 is 1.06 bits per heavy atom. The number of carbonyl (C=O) groups is 2. The maximum absolute atomic E-state index is 12.9. The molecule has 2 aromatic carbocycles. The lowest BCUT2D eigenvalue weighted by Gasteiger charge is -2.12. The Bertz CT molecular complexity index is 1230. The molecule has 0 unspecified atom stereocenters. The molecule has 2 N–H and O–H groups in total. The van der Waals surface area contributed by atoms with Crippen LogP contribution in [0.15, 0.2) is 63.9 Å². The Labute approximate surface area is 186 Å². The van der Waals surface area contributed by atoms with Crippen LogP contribution in [0.4, 0.5) is 23.7 Å². The van der Waals surface area contributed by atoms with E-state index >= 15 is 0 Å². The molecule has 1 heterocycles. The molecule has 3 rings (SSSR count). The number of anilines is 1. The largest absolute Gasteiger partial charge is 0.416 e. The molecular weight excluding hydrogens is 505 g/mol. The van der Waals surface area contributed by atoms with E-state index in [0.717, 1.165) is 24.3 Å². The number of halogens is 5. The van der Waals surface area contributed by atoms with Crippen molar-refractivity contribution >= 4 is 45.2 Å². The summed E-state index contributed by atoms with van der Waals surface area (Å²) < 4.78 is 39.8. The monoisotopic (exact) mass is 514 g/mol. The van der Waals surface area contributed by atoms with E-state index in [-0.39, 0.29) is 22.1 Å². The van der Waals surface area contributed by atoms with Crippen molar-refractivity contribution in [3.63, 3.8) is 0 Å². The molecule has 3 amide bonds. The minimum Gasteiger partial charge on any atom is -0.305 e. The molecule has 31 heavy (non-hydrogen) atoms. The van der Waals surface area contributed by atoms with Crippen LogP contribution in [0.25, 0.3) is 5.69 Å². The SMILES string of the molecule is O=C(NC(=O)c1ccccc1Br)Nc1cc(=O)n(-c2cccc(C(F)(F)F)c2)nc1Cl. The van der Waals surface area contributed by atoms with E-state index < -0.39 is 29.2 Å². The quantitative estimate of drug-likeness (QED) is 0.532. The highest BCUT2D eigenvalue weighted by atomic mass is 79.9. The van der Waals surface area contributed by atoms with Crippen molar-refractivity contribution in [1.29, 1.82) is 0 Å². The van der Waals surface area contributed by atoms with Crippen molar-refractivity contribution in [3.05, 3.63) is 85.7 Å². The van der Waals surface area contributed by atoms with Crippen molar-refractivity contribution < 1.29 is 22.8 Å². The zero-order valence-corrected chi connectivity index (χ0v) is 17.5. The normalized spacial score (nSPS) is 11.1. The number of urea groups is 1. The van der Waals surface area contributed by atoms with Crippen LogP contribution in [0.3, 0.4) is 0 Å². The fourth-order valence-corrected chi connectivity index (χ4v) is 3.13. The first-order valence-corrected chi connectivity index (χ1v) is 9.58. The van der Waals surface area contributed by atoms with Gasteiger partial charge in [0.15, 0.2) is 5.15 Å². The molecule has 1 aromatic heterocycles. The van der Waals surface area contributed by atoms with Gasteiger partial charge in [-0.2, -0.15) is 23.0 Å². The highest BCUT2D eigenvalue weighted by Gasteiger charge is 2.30. The lowest BCUT2D eigenvalue weighted by molar-refractivity contribution is -0.137. The van der Waals surface area contributed by atoms with E-state index in [0.29, 0.717) is 9.15 Å². The van der Waals surface area contributed by atoms with Gasteiger partial charge in [0.25, 0.3) is 11.5 Å². The second-order valence-corrected chi connectivity index (χ2v) is 7.25. The maximum Gasteiger partial charge on any atom is 0.416 e. The first kappa shape index (κ1) is 22.5. The number of nitrogens with zero attached hydrogens (tertiary/aromatic N) is 2. The molecule has 0 aliphatic carbocycles. The number of alkyl halides is 3. The summed E-state index contributed by atoms with van der Waals surface area (Å²) in [6.07, 6.45) is -4.61. The number of amides is 3. The molecule has 0 saturated heterocycles. The van der Waals surface area contributed by atoms with Gasteiger partial charge in [-0.05, 0) is 46.3 Å². The Hall–Kier alpha value is -3.18. The number of hydrogen-bond donors (Lipinski definition) is 2. The molecule has 0 radical (unpaired) electrons. The summed E-state index contributed by atoms with van der Waals surface area (Å²) in [6.45, 7) is 0. The van der Waals surface area contributed by atoms with E-state index in [1.54, 1.807) is 18.2 Å². The fraction of sp³-hybridized carbons (Fsp3) is 0.0526. The van der Waals surface area contributed by atoms with E-state index in [9.17, 15) is 27.6 Å². The number of aromatic nitrogens is 2. The number of hydrogen-bond acceptors (Lipinski definition) is 4. The van der Waals surface area contributed by atoms with Crippen molar-refractivity contribution in [2.45, 2.75) is 6.18 Å². The van der Waals surface area contributed by atoms with E-state index in [1.165, 1.54) is 12.1 Å². The van der Waals surface area contributed by atoms with Gasteiger partial charge in [-0.15, -0.1) is 0 Å². The van der Waals surface area contributed by atoms with Crippen LogP contribution in [0.1, 0.15) is 15.9 Å². The van der Waals surface area contributed by atoms with E-state index in [2.05, 4.69) is 31.7 Å². The van der Waals surface area contributed by atoms with Gasteiger partial charge in [0, 0.05) is 10.5 Å². The van der Waals surface area contributed by atoms with Gasteiger partial charge in [-0.1, -0.05) is 29.8 Å². The third kappa shape index (κ3) is 5.30. The molecule has 160 valence electrons. The fourth-order valence-electron chi connectivity index (χ4n) is 2.49. The van der Waals surface area contributed by atoms with Crippen LogP contribution in [-0.2, 0) is 6.18 Å². The lowest BCUT2D eigenvalue weighted by Crippen LogP contribution is -2.35. The minimum absolute atomic E-state index is 0.165. The van der Waals surface area contributed by atoms with Crippen LogP contribution in [0.5, 0.6) is 0 Å². The van der Waals surface area contributed by atoms with Crippen molar-refractivity contribution in [2.24, 2.45) is 0 Å². The van der Waals surface area contributed by atoms with E-state index in [4.69, 9.17) is 11.6 Å². The highest BCUT2D eigenvalue weighted by molar-refractivity contribution is 9.10. The predicted molar refractivity (Wildman–Crippen MR) is 110 cm³/mol. The summed E-state index contributed by atoms with van der Waals surface area (Å²) in [5.74, 6) is -0.716. The van der Waals surface area contributed by atoms with Crippen molar-refractivity contribution in [2.75, 3.05) is 5.32 Å². The van der Waals surface area contributed by atoms with Crippen LogP contribution >= 0.6 is 27.5 Å². The molecule has 0 aliphatic heterocycles. The van der Waals surface area contributed by atoms with Crippen molar-refractivity contribution in [3.8, 4) is 5.69 Å². The summed E-state index contributed by atoms with van der Waals surface area (Å²) in [5.41, 5.74) is -2.02. The van der Waals surface area contributed by atoms with E-state index in [1.807, 2.05) is 0 Å². The number of nitrogens with one attached hydrogen (secondary N) is 2. The van der Waals surface area contributed by atoms with Crippen LogP contribution < -0.4 is 16.2 Å². The molecule has 12 heteroatoms. The number of carbonyl (C=O) groups excluding carboxylic acids is 2. The van der Waals surface area contributed by atoms with Gasteiger partial charge >= 0.3 is 12.2 Å². The number of imide groups is 1. The molecule has 0 saturated carbocycles. The average Bonchev–Trinajstić information content (AvgIpc) is 2.70. The average molecular weight is 516 g/mol. The molecule has 0 fully saturated rings. The molecule has 0 spiro atoms. The van der Waals surface area contributed by atoms with Gasteiger partial charge in [0.2, 0.25) is 0 Å². The number of benzene rings is 2. The minimum atomic E-state index is -4.61. The third-order valence-corrected chi connectivity index (χ3v) is 4.87. The summed E-state index contributed by atoms with van der Waals surface area (Å²) in [7, 11) is 0. The van der Waals surface area contributed by atoms with Crippen LogP contribution in [0, 0.1) is 0 Å². The predicted octanol–water partition coefficient (Wildman–Crippen LogP) is 4.63. The maximum atomic E-state index is 12.9. The van der Waals surface area contributed by atoms with Gasteiger partial charge in [-0.25, -0.2) is 4.79 Å². The standard InChI is InChI=1S/C19H11BrClF3N4O3/c20-13-7-2-1-6-12(13)17(30)26-18(31)25-14-9-15(29)28(27-16(14)21)11-5-3-4-10(8-11)19(22,23)24/h1-9H,(H2,25,26,30,31). The molecule has 0 bridgehead atoms. The highest BCUT2D eigenvalue weighted by Crippen LogP contribution is 2.30. The molecule has 0 atom stereocenters. The zero-order valence-electron chi connectivity index (χ0n) is 15.2. The molecule has 0 aliphatic rings. The van der Waals surface area contributed by atoms with Crippen molar-refractivity contribution in [1.82, 2.24) is 15.1 Å². The van der Waals surface area contributed by atoms with Gasteiger partial charge < -0.3 is 5.32 Å². The third-order valence-electron chi connectivity index (χ3n) is 3.90. The van der Waals surface area contributed by atoms with Gasteiger partial charge in [0.05, 0.1) is 22.5 Å². The molecule has 7 nitrogen and oxygen atoms in total. The Kier molecular flexibility index (Phi) is 6.46. The zero-order chi connectivity index (χ0) is 22.8. The van der Waals surface area contributed by atoms with Gasteiger partial charge in [-0.3, -0.25) is 14.9 Å².